The Bertz CT molecular complexity index is 1980. The molecule has 0 atom stereocenters. The number of amides is 2. The van der Waals surface area contributed by atoms with Crippen LogP contribution in [0.15, 0.2) is 107 Å². The van der Waals surface area contributed by atoms with E-state index >= 15 is 0 Å². The summed E-state index contributed by atoms with van der Waals surface area (Å²) < 4.78 is 11.1. The summed E-state index contributed by atoms with van der Waals surface area (Å²) in [5, 5.41) is 6.42. The first-order valence-corrected chi connectivity index (χ1v) is 16.8. The van der Waals surface area contributed by atoms with Crippen molar-refractivity contribution in [2.75, 3.05) is 11.9 Å². The van der Waals surface area contributed by atoms with Gasteiger partial charge in [0, 0.05) is 40.9 Å². The topological polar surface area (TPSA) is 120 Å². The molecule has 0 bridgehead atoms. The third-order valence-electron chi connectivity index (χ3n) is 7.80. The van der Waals surface area contributed by atoms with Crippen LogP contribution in [0.4, 0.5) is 15.4 Å². The predicted octanol–water partition coefficient (Wildman–Crippen LogP) is 9.15. The minimum atomic E-state index is -0.659. The third kappa shape index (κ3) is 7.77. The molecule has 9 nitrogen and oxygen atoms in total. The number of pyridine rings is 2. The lowest BCUT2D eigenvalue weighted by molar-refractivity contribution is 0.0635. The van der Waals surface area contributed by atoms with Crippen molar-refractivity contribution < 1.29 is 23.9 Å². The van der Waals surface area contributed by atoms with Gasteiger partial charge in [0.1, 0.15) is 23.1 Å². The molecular weight excluding hydrogens is 660 g/mol. The molecule has 0 radical (unpaired) electrons. The van der Waals surface area contributed by atoms with Gasteiger partial charge in [-0.15, -0.1) is 0 Å². The number of rotatable bonds is 9. The average Bonchev–Trinajstić information content (AvgIpc) is 3.41. The predicted molar refractivity (Wildman–Crippen MR) is 190 cm³/mol. The molecule has 1 aliphatic rings. The summed E-state index contributed by atoms with van der Waals surface area (Å²) in [6.07, 6.45) is 2.74. The maximum Gasteiger partial charge on any atom is 0.413 e. The molecule has 11 heteroatoms. The molecule has 49 heavy (non-hydrogen) atoms. The number of benzene rings is 3. The Hall–Kier alpha value is -5.19. The largest absolute Gasteiger partial charge is 0.449 e. The molecule has 3 aromatic carbocycles. The molecule has 2 heterocycles. The first kappa shape index (κ1) is 33.7. The van der Waals surface area contributed by atoms with Crippen LogP contribution in [0.5, 0.6) is 0 Å². The second-order valence-electron chi connectivity index (χ2n) is 12.3. The van der Waals surface area contributed by atoms with Crippen molar-refractivity contribution >= 4 is 47.7 Å². The summed E-state index contributed by atoms with van der Waals surface area (Å²) in [5.41, 5.74) is 6.36. The number of aldehydes is 1. The van der Waals surface area contributed by atoms with Crippen molar-refractivity contribution in [3.05, 3.63) is 125 Å². The van der Waals surface area contributed by atoms with Crippen molar-refractivity contribution in [3.63, 3.8) is 0 Å². The van der Waals surface area contributed by atoms with Crippen LogP contribution in [0.3, 0.4) is 0 Å². The van der Waals surface area contributed by atoms with Crippen LogP contribution >= 0.6 is 23.4 Å². The van der Waals surface area contributed by atoms with E-state index in [4.69, 9.17) is 21.1 Å². The monoisotopic (exact) mass is 692 g/mol. The minimum absolute atomic E-state index is 0.0517. The van der Waals surface area contributed by atoms with Crippen LogP contribution in [0.25, 0.3) is 22.3 Å². The molecule has 0 fully saturated rings. The maximum atomic E-state index is 13.2. The van der Waals surface area contributed by atoms with Gasteiger partial charge in [0.05, 0.1) is 5.02 Å². The molecule has 5 aromatic rings. The fourth-order valence-corrected chi connectivity index (χ4v) is 6.98. The zero-order valence-corrected chi connectivity index (χ0v) is 28.6. The summed E-state index contributed by atoms with van der Waals surface area (Å²) in [6.45, 7) is 5.55. The Morgan fingerprint density at radius 1 is 0.878 bits per heavy atom. The molecular formula is C38H33ClN4O5S. The van der Waals surface area contributed by atoms with E-state index in [0.717, 1.165) is 34.1 Å². The van der Waals surface area contributed by atoms with Crippen molar-refractivity contribution in [2.24, 2.45) is 0 Å². The van der Waals surface area contributed by atoms with Gasteiger partial charge in [-0.1, -0.05) is 78.0 Å². The lowest BCUT2D eigenvalue weighted by Gasteiger charge is -2.20. The fourth-order valence-electron chi connectivity index (χ4n) is 5.68. The molecule has 6 rings (SSSR count). The fraction of sp³-hybridized carbons (Fsp3) is 0.184. The molecule has 0 saturated heterocycles. The normalized spacial score (nSPS) is 12.1. The maximum absolute atomic E-state index is 13.2. The quantitative estimate of drug-likeness (QED) is 0.147. The number of carbonyl (C=O) groups is 3. The highest BCUT2D eigenvalue weighted by molar-refractivity contribution is 7.99. The van der Waals surface area contributed by atoms with Gasteiger partial charge in [0.15, 0.2) is 6.29 Å². The summed E-state index contributed by atoms with van der Waals surface area (Å²) >= 11 is 8.00. The highest BCUT2D eigenvalue weighted by Gasteiger charge is 2.29. The second kappa shape index (κ2) is 14.5. The molecule has 2 N–H and O–H groups in total. The van der Waals surface area contributed by atoms with E-state index < -0.39 is 17.8 Å². The van der Waals surface area contributed by atoms with Gasteiger partial charge in [0.2, 0.25) is 0 Å². The summed E-state index contributed by atoms with van der Waals surface area (Å²) in [7, 11) is 0. The van der Waals surface area contributed by atoms with Crippen LogP contribution in [-0.4, -0.2) is 40.6 Å². The Balaban J connectivity index is 1.25. The first-order chi connectivity index (χ1) is 23.6. The van der Waals surface area contributed by atoms with Gasteiger partial charge in [-0.05, 0) is 84.5 Å². The first-order valence-electron chi connectivity index (χ1n) is 15.6. The number of carbonyl (C=O) groups excluding carboxylic acids is 3. The van der Waals surface area contributed by atoms with E-state index in [0.29, 0.717) is 37.5 Å². The number of ether oxygens (including phenoxy) is 2. The molecule has 0 spiro atoms. The lowest BCUT2D eigenvalue weighted by atomic mass is 9.98. The average molecular weight is 693 g/mol. The molecule has 248 valence electrons. The summed E-state index contributed by atoms with van der Waals surface area (Å²) in [5.74, 6) is 0.222. The van der Waals surface area contributed by atoms with E-state index in [1.54, 1.807) is 63.5 Å². The Labute approximate surface area is 293 Å². The zero-order valence-electron chi connectivity index (χ0n) is 27.0. The molecule has 0 aliphatic heterocycles. The van der Waals surface area contributed by atoms with E-state index in [9.17, 15) is 14.4 Å². The molecule has 1 aliphatic carbocycles. The third-order valence-corrected chi connectivity index (χ3v) is 9.43. The van der Waals surface area contributed by atoms with Gasteiger partial charge in [0.25, 0.3) is 0 Å². The molecule has 0 saturated carbocycles. The SMILES string of the molecule is CC(C)(C)OC(=O)Nc1ccc(-c2ccc(Cl)c(Sc3ncccc3C=O)c2CNC(=O)OCC2c3ccccc3-c3ccccc32)cn1. The summed E-state index contributed by atoms with van der Waals surface area (Å²) in [6, 6.07) is 26.7. The van der Waals surface area contributed by atoms with Crippen molar-refractivity contribution in [1.82, 2.24) is 15.3 Å². The second-order valence-corrected chi connectivity index (χ2v) is 13.7. The standard InChI is InChI=1S/C38H33ClN4O5S/c1-38(2,3)48-37(46)43-33-17-14-23(19-41-33)25-15-16-32(39)34(49-35-24(21-44)9-8-18-40-35)30(25)20-42-36(45)47-22-31-28-12-6-4-10-26(28)27-11-5-7-13-29(27)31/h4-19,21,31H,20,22H2,1-3H3,(H,42,45)(H,41,43,46). The molecule has 0 unspecified atom stereocenters. The highest BCUT2D eigenvalue weighted by Crippen LogP contribution is 2.45. The molecule has 2 amide bonds. The Morgan fingerprint density at radius 3 is 2.24 bits per heavy atom. The van der Waals surface area contributed by atoms with Crippen LogP contribution in [0, 0.1) is 0 Å². The number of aromatic nitrogens is 2. The minimum Gasteiger partial charge on any atom is -0.449 e. The van der Waals surface area contributed by atoms with Gasteiger partial charge in [-0.2, -0.15) is 0 Å². The highest BCUT2D eigenvalue weighted by atomic mass is 35.5. The number of halogens is 1. The van der Waals surface area contributed by atoms with E-state index in [2.05, 4.69) is 44.9 Å². The van der Waals surface area contributed by atoms with Crippen molar-refractivity contribution in [1.29, 1.82) is 0 Å². The molecule has 2 aromatic heterocycles. The van der Waals surface area contributed by atoms with Gasteiger partial charge in [-0.3, -0.25) is 10.1 Å². The van der Waals surface area contributed by atoms with Crippen LogP contribution < -0.4 is 10.6 Å². The van der Waals surface area contributed by atoms with Crippen molar-refractivity contribution in [2.45, 2.75) is 48.8 Å². The van der Waals surface area contributed by atoms with Crippen molar-refractivity contribution in [3.8, 4) is 22.3 Å². The van der Waals surface area contributed by atoms with Gasteiger partial charge < -0.3 is 14.8 Å². The van der Waals surface area contributed by atoms with E-state index in [1.807, 2.05) is 30.3 Å². The zero-order chi connectivity index (χ0) is 34.5. The number of nitrogens with zero attached hydrogens (tertiary/aromatic N) is 2. The van der Waals surface area contributed by atoms with Gasteiger partial charge >= 0.3 is 12.2 Å². The van der Waals surface area contributed by atoms with Crippen LogP contribution in [0.2, 0.25) is 5.02 Å². The number of alkyl carbamates (subject to hydrolysis) is 1. The number of nitrogens with one attached hydrogen (secondary N) is 2. The van der Waals surface area contributed by atoms with Crippen LogP contribution in [-0.2, 0) is 16.0 Å². The van der Waals surface area contributed by atoms with Gasteiger partial charge in [-0.25, -0.2) is 19.6 Å². The number of fused-ring (bicyclic) bond motifs is 3. The number of hydrogen-bond acceptors (Lipinski definition) is 8. The van der Waals surface area contributed by atoms with E-state index in [-0.39, 0.29) is 19.1 Å². The smallest absolute Gasteiger partial charge is 0.413 e. The number of anilines is 1. The van der Waals surface area contributed by atoms with Crippen LogP contribution in [0.1, 0.15) is 53.7 Å². The lowest BCUT2D eigenvalue weighted by Crippen LogP contribution is -2.27. The number of hydrogen-bond donors (Lipinski definition) is 2. The Morgan fingerprint density at radius 2 is 1.59 bits per heavy atom. The van der Waals surface area contributed by atoms with E-state index in [1.165, 1.54) is 11.8 Å². The summed E-state index contributed by atoms with van der Waals surface area (Å²) in [4.78, 5) is 46.7. The Kier molecular flexibility index (Phi) is 9.98.